The highest BCUT2D eigenvalue weighted by atomic mass is 35.5. The summed E-state index contributed by atoms with van der Waals surface area (Å²) in [5, 5.41) is 9.18. The van der Waals surface area contributed by atoms with Gasteiger partial charge in [0.2, 0.25) is 6.79 Å². The molecule has 1 aliphatic rings. The summed E-state index contributed by atoms with van der Waals surface area (Å²) in [5.41, 5.74) is 1.28. The van der Waals surface area contributed by atoms with E-state index < -0.39 is 0 Å². The Bertz CT molecular complexity index is 790. The number of pyridine rings is 1. The largest absolute Gasteiger partial charge is 0.454 e. The van der Waals surface area contributed by atoms with E-state index in [9.17, 15) is 4.79 Å². The van der Waals surface area contributed by atoms with Crippen molar-refractivity contribution in [3.8, 4) is 17.6 Å². The molecule has 0 radical (unpaired) electrons. The maximum absolute atomic E-state index is 12.8. The Balaban J connectivity index is 1.86. The van der Waals surface area contributed by atoms with Crippen LogP contribution in [0.25, 0.3) is 0 Å². The number of carbonyl (C=O) groups excluding carboxylic acids is 1. The Hall–Kier alpha value is -2.78. The summed E-state index contributed by atoms with van der Waals surface area (Å²) < 4.78 is 10.6. The fraction of sp³-hybridized carbons (Fsp3) is 0.235. The molecular formula is C17H14ClN3O3. The van der Waals surface area contributed by atoms with Gasteiger partial charge in [-0.1, -0.05) is 17.7 Å². The van der Waals surface area contributed by atoms with Crippen LogP contribution < -0.4 is 9.47 Å². The summed E-state index contributed by atoms with van der Waals surface area (Å²) in [7, 11) is 0. The Kier molecular flexibility index (Phi) is 4.82. The number of nitriles is 1. The number of fused-ring (bicyclic) bond motifs is 1. The predicted octanol–water partition coefficient (Wildman–Crippen LogP) is 3.02. The molecule has 24 heavy (non-hydrogen) atoms. The zero-order chi connectivity index (χ0) is 16.9. The summed E-state index contributed by atoms with van der Waals surface area (Å²) in [4.78, 5) is 18.5. The van der Waals surface area contributed by atoms with Gasteiger partial charge >= 0.3 is 0 Å². The second-order valence-electron chi connectivity index (χ2n) is 5.19. The third-order valence-corrected chi connectivity index (χ3v) is 3.83. The van der Waals surface area contributed by atoms with E-state index in [1.807, 2.05) is 6.07 Å². The van der Waals surface area contributed by atoms with Crippen LogP contribution in [-0.4, -0.2) is 29.1 Å². The summed E-state index contributed by atoms with van der Waals surface area (Å²) >= 11 is 6.15. The average molecular weight is 344 g/mol. The minimum absolute atomic E-state index is 0.0839. The van der Waals surface area contributed by atoms with Gasteiger partial charge in [0.15, 0.2) is 11.5 Å². The van der Waals surface area contributed by atoms with Crippen LogP contribution in [0.15, 0.2) is 36.7 Å². The second-order valence-corrected chi connectivity index (χ2v) is 5.60. The van der Waals surface area contributed by atoms with E-state index in [0.29, 0.717) is 35.2 Å². The molecule has 0 atom stereocenters. The molecule has 0 unspecified atom stereocenters. The van der Waals surface area contributed by atoms with E-state index in [1.54, 1.807) is 35.5 Å². The molecule has 0 saturated carbocycles. The standard InChI is InChI=1S/C17H14ClN3O3/c18-14-7-13(8-15-16(14)24-11-23-15)17(22)21(6-2-4-19)10-12-3-1-5-20-9-12/h1,3,5,7-9H,2,6,10-11H2. The highest BCUT2D eigenvalue weighted by molar-refractivity contribution is 6.32. The van der Waals surface area contributed by atoms with Crippen molar-refractivity contribution in [2.24, 2.45) is 0 Å². The molecule has 0 N–H and O–H groups in total. The SMILES string of the molecule is N#CCCN(Cc1cccnc1)C(=O)c1cc(Cl)c2c(c1)OCO2. The van der Waals surface area contributed by atoms with Crippen LogP contribution in [0.1, 0.15) is 22.3 Å². The van der Waals surface area contributed by atoms with Gasteiger partial charge in [-0.3, -0.25) is 9.78 Å². The molecule has 122 valence electrons. The predicted molar refractivity (Wildman–Crippen MR) is 86.8 cm³/mol. The first kappa shape index (κ1) is 16.1. The van der Waals surface area contributed by atoms with Crippen LogP contribution in [0.3, 0.4) is 0 Å². The van der Waals surface area contributed by atoms with E-state index in [2.05, 4.69) is 11.1 Å². The van der Waals surface area contributed by atoms with E-state index >= 15 is 0 Å². The summed E-state index contributed by atoms with van der Waals surface area (Å²) in [6, 6.07) is 8.92. The lowest BCUT2D eigenvalue weighted by Gasteiger charge is -2.22. The smallest absolute Gasteiger partial charge is 0.254 e. The highest BCUT2D eigenvalue weighted by Gasteiger charge is 2.23. The topological polar surface area (TPSA) is 75.5 Å². The van der Waals surface area contributed by atoms with Gasteiger partial charge in [0.25, 0.3) is 5.91 Å². The Labute approximate surface area is 144 Å². The van der Waals surface area contributed by atoms with Crippen LogP contribution in [0.4, 0.5) is 0 Å². The zero-order valence-corrected chi connectivity index (χ0v) is 13.5. The first-order valence-electron chi connectivity index (χ1n) is 7.33. The number of nitrogens with zero attached hydrogens (tertiary/aromatic N) is 3. The summed E-state index contributed by atoms with van der Waals surface area (Å²) in [6.07, 6.45) is 3.60. The molecule has 1 aromatic heterocycles. The monoisotopic (exact) mass is 343 g/mol. The van der Waals surface area contributed by atoms with E-state index in [0.717, 1.165) is 5.56 Å². The van der Waals surface area contributed by atoms with Crippen molar-refractivity contribution in [3.63, 3.8) is 0 Å². The van der Waals surface area contributed by atoms with Gasteiger partial charge in [-0.15, -0.1) is 0 Å². The van der Waals surface area contributed by atoms with Gasteiger partial charge in [-0.2, -0.15) is 5.26 Å². The molecular weight excluding hydrogens is 330 g/mol. The first-order chi connectivity index (χ1) is 11.7. The third-order valence-electron chi connectivity index (χ3n) is 3.55. The number of hydrogen-bond donors (Lipinski definition) is 0. The Morgan fingerprint density at radius 3 is 3.04 bits per heavy atom. The molecule has 3 rings (SSSR count). The van der Waals surface area contributed by atoms with Crippen molar-refractivity contribution in [2.45, 2.75) is 13.0 Å². The summed E-state index contributed by atoms with van der Waals surface area (Å²) in [5.74, 6) is 0.672. The van der Waals surface area contributed by atoms with Crippen molar-refractivity contribution < 1.29 is 14.3 Å². The third kappa shape index (κ3) is 3.42. The Morgan fingerprint density at radius 1 is 1.42 bits per heavy atom. The fourth-order valence-electron chi connectivity index (χ4n) is 2.42. The van der Waals surface area contributed by atoms with Crippen molar-refractivity contribution in [1.82, 2.24) is 9.88 Å². The van der Waals surface area contributed by atoms with Crippen LogP contribution in [0.2, 0.25) is 5.02 Å². The van der Waals surface area contributed by atoms with Gasteiger partial charge in [-0.25, -0.2) is 0 Å². The molecule has 2 aromatic rings. The lowest BCUT2D eigenvalue weighted by atomic mass is 10.1. The minimum atomic E-state index is -0.227. The number of rotatable bonds is 5. The molecule has 0 bridgehead atoms. The van der Waals surface area contributed by atoms with E-state index in [4.69, 9.17) is 26.3 Å². The van der Waals surface area contributed by atoms with Crippen molar-refractivity contribution in [3.05, 3.63) is 52.8 Å². The molecule has 0 aliphatic carbocycles. The molecule has 0 spiro atoms. The number of ether oxygens (including phenoxy) is 2. The van der Waals surface area contributed by atoms with Gasteiger partial charge in [0.1, 0.15) is 0 Å². The molecule has 1 aromatic carbocycles. The van der Waals surface area contributed by atoms with Gasteiger partial charge < -0.3 is 14.4 Å². The maximum atomic E-state index is 12.8. The first-order valence-corrected chi connectivity index (χ1v) is 7.71. The maximum Gasteiger partial charge on any atom is 0.254 e. The lowest BCUT2D eigenvalue weighted by molar-refractivity contribution is 0.0746. The van der Waals surface area contributed by atoms with E-state index in [1.165, 1.54) is 0 Å². The molecule has 0 fully saturated rings. The van der Waals surface area contributed by atoms with Gasteiger partial charge in [-0.05, 0) is 23.8 Å². The number of halogens is 1. The zero-order valence-electron chi connectivity index (χ0n) is 12.7. The number of benzene rings is 1. The minimum Gasteiger partial charge on any atom is -0.454 e. The van der Waals surface area contributed by atoms with Crippen LogP contribution >= 0.6 is 11.6 Å². The number of carbonyl (C=O) groups is 1. The summed E-state index contributed by atoms with van der Waals surface area (Å²) in [6.45, 7) is 0.761. The highest BCUT2D eigenvalue weighted by Crippen LogP contribution is 2.40. The van der Waals surface area contributed by atoms with Crippen LogP contribution in [0, 0.1) is 11.3 Å². The molecule has 0 saturated heterocycles. The quantitative estimate of drug-likeness (QED) is 0.834. The van der Waals surface area contributed by atoms with Crippen LogP contribution in [0.5, 0.6) is 11.5 Å². The van der Waals surface area contributed by atoms with Crippen molar-refractivity contribution in [1.29, 1.82) is 5.26 Å². The molecule has 1 aliphatic heterocycles. The lowest BCUT2D eigenvalue weighted by Crippen LogP contribution is -2.31. The molecule has 6 nitrogen and oxygen atoms in total. The van der Waals surface area contributed by atoms with Crippen molar-refractivity contribution in [2.75, 3.05) is 13.3 Å². The molecule has 1 amide bonds. The fourth-order valence-corrected chi connectivity index (χ4v) is 2.69. The second kappa shape index (κ2) is 7.20. The van der Waals surface area contributed by atoms with E-state index in [-0.39, 0.29) is 19.1 Å². The number of aromatic nitrogens is 1. The number of hydrogen-bond acceptors (Lipinski definition) is 5. The molecule has 2 heterocycles. The van der Waals surface area contributed by atoms with Crippen LogP contribution in [-0.2, 0) is 6.54 Å². The van der Waals surface area contributed by atoms with Gasteiger partial charge in [0, 0.05) is 31.0 Å². The number of amides is 1. The molecule has 7 heteroatoms. The van der Waals surface area contributed by atoms with Gasteiger partial charge in [0.05, 0.1) is 17.5 Å². The normalized spacial score (nSPS) is 11.8. The average Bonchev–Trinajstić information content (AvgIpc) is 3.08. The Morgan fingerprint density at radius 2 is 2.29 bits per heavy atom. The van der Waals surface area contributed by atoms with Crippen molar-refractivity contribution >= 4 is 17.5 Å².